The molecule has 1 rings (SSSR count). The van der Waals surface area contributed by atoms with Crippen molar-refractivity contribution in [3.63, 3.8) is 0 Å². The first kappa shape index (κ1) is 15.6. The highest BCUT2D eigenvalue weighted by Gasteiger charge is 2.17. The SMILES string of the molecule is CC(O)CNC(=O)c1ccc(S(=O)(=O)N(C)C)cc1. The van der Waals surface area contributed by atoms with Crippen molar-refractivity contribution in [2.75, 3.05) is 20.6 Å². The lowest BCUT2D eigenvalue weighted by atomic mass is 10.2. The quantitative estimate of drug-likeness (QED) is 0.800. The summed E-state index contributed by atoms with van der Waals surface area (Å²) in [5.74, 6) is -0.352. The molecule has 0 aromatic heterocycles. The lowest BCUT2D eigenvalue weighted by molar-refractivity contribution is 0.0924. The summed E-state index contributed by atoms with van der Waals surface area (Å²) in [6, 6.07) is 5.64. The second-order valence-corrected chi connectivity index (χ2v) is 6.52. The Hall–Kier alpha value is -1.44. The molecule has 0 aliphatic rings. The van der Waals surface area contributed by atoms with Crippen molar-refractivity contribution in [3.05, 3.63) is 29.8 Å². The summed E-state index contributed by atoms with van der Waals surface area (Å²) in [5.41, 5.74) is 0.346. The van der Waals surface area contributed by atoms with Crippen molar-refractivity contribution in [1.29, 1.82) is 0 Å². The highest BCUT2D eigenvalue weighted by molar-refractivity contribution is 7.89. The van der Waals surface area contributed by atoms with E-state index in [0.717, 1.165) is 4.31 Å². The molecule has 6 nitrogen and oxygen atoms in total. The van der Waals surface area contributed by atoms with E-state index in [1.807, 2.05) is 0 Å². The van der Waals surface area contributed by atoms with Crippen LogP contribution in [0.3, 0.4) is 0 Å². The second kappa shape index (κ2) is 6.14. The number of hydrogen-bond acceptors (Lipinski definition) is 4. The van der Waals surface area contributed by atoms with Gasteiger partial charge in [0.05, 0.1) is 11.0 Å². The van der Waals surface area contributed by atoms with Gasteiger partial charge < -0.3 is 10.4 Å². The van der Waals surface area contributed by atoms with E-state index in [-0.39, 0.29) is 17.3 Å². The van der Waals surface area contributed by atoms with E-state index < -0.39 is 16.1 Å². The summed E-state index contributed by atoms with van der Waals surface area (Å²) in [6.45, 7) is 1.71. The van der Waals surface area contributed by atoms with E-state index in [1.54, 1.807) is 6.92 Å². The number of amides is 1. The Morgan fingerprint density at radius 3 is 2.26 bits per heavy atom. The number of nitrogens with one attached hydrogen (secondary N) is 1. The fourth-order valence-electron chi connectivity index (χ4n) is 1.33. The number of carbonyl (C=O) groups excluding carboxylic acids is 1. The molecule has 106 valence electrons. The smallest absolute Gasteiger partial charge is 0.251 e. The van der Waals surface area contributed by atoms with Gasteiger partial charge in [0.2, 0.25) is 10.0 Å². The maximum absolute atomic E-state index is 11.8. The number of benzene rings is 1. The van der Waals surface area contributed by atoms with E-state index in [1.165, 1.54) is 38.4 Å². The van der Waals surface area contributed by atoms with E-state index in [9.17, 15) is 13.2 Å². The highest BCUT2D eigenvalue weighted by atomic mass is 32.2. The van der Waals surface area contributed by atoms with Gasteiger partial charge in [-0.05, 0) is 31.2 Å². The predicted molar refractivity (Wildman–Crippen MR) is 71.3 cm³/mol. The number of nitrogens with zero attached hydrogens (tertiary/aromatic N) is 1. The number of aliphatic hydroxyl groups excluding tert-OH is 1. The van der Waals surface area contributed by atoms with Gasteiger partial charge in [0.25, 0.3) is 5.91 Å². The van der Waals surface area contributed by atoms with Crippen LogP contribution in [0.5, 0.6) is 0 Å². The monoisotopic (exact) mass is 286 g/mol. The maximum Gasteiger partial charge on any atom is 0.251 e. The van der Waals surface area contributed by atoms with Gasteiger partial charge in [-0.1, -0.05) is 0 Å². The molecular weight excluding hydrogens is 268 g/mol. The molecule has 1 aromatic rings. The van der Waals surface area contributed by atoms with Gasteiger partial charge in [-0.25, -0.2) is 12.7 Å². The molecule has 2 N–H and O–H groups in total. The first-order valence-electron chi connectivity index (χ1n) is 5.74. The van der Waals surface area contributed by atoms with Gasteiger partial charge in [0.15, 0.2) is 0 Å². The van der Waals surface area contributed by atoms with Crippen LogP contribution in [-0.4, -0.2) is 50.5 Å². The number of sulfonamides is 1. The first-order chi connectivity index (χ1) is 8.75. The highest BCUT2D eigenvalue weighted by Crippen LogP contribution is 2.13. The first-order valence-corrected chi connectivity index (χ1v) is 7.18. The standard InChI is InChI=1S/C12H18N2O4S/c1-9(15)8-13-12(16)10-4-6-11(7-5-10)19(17,18)14(2)3/h4-7,9,15H,8H2,1-3H3,(H,13,16). The predicted octanol–water partition coefficient (Wildman–Crippen LogP) is 0.0475. The zero-order valence-electron chi connectivity index (χ0n) is 11.1. The zero-order valence-corrected chi connectivity index (χ0v) is 11.9. The maximum atomic E-state index is 11.8. The van der Waals surface area contributed by atoms with Crippen LogP contribution in [0.4, 0.5) is 0 Å². The Morgan fingerprint density at radius 1 is 1.32 bits per heavy atom. The van der Waals surface area contributed by atoms with Crippen molar-refractivity contribution in [2.24, 2.45) is 0 Å². The van der Waals surface area contributed by atoms with Gasteiger partial charge in [-0.3, -0.25) is 4.79 Å². The van der Waals surface area contributed by atoms with Gasteiger partial charge in [0.1, 0.15) is 0 Å². The normalized spacial score (nSPS) is 13.3. The third-order valence-corrected chi connectivity index (χ3v) is 4.28. The fraction of sp³-hybridized carbons (Fsp3) is 0.417. The van der Waals surface area contributed by atoms with Gasteiger partial charge in [-0.15, -0.1) is 0 Å². The van der Waals surface area contributed by atoms with Gasteiger partial charge >= 0.3 is 0 Å². The fourth-order valence-corrected chi connectivity index (χ4v) is 2.23. The van der Waals surface area contributed by atoms with Crippen molar-refractivity contribution >= 4 is 15.9 Å². The lowest BCUT2D eigenvalue weighted by Gasteiger charge is -2.12. The van der Waals surface area contributed by atoms with E-state index in [2.05, 4.69) is 5.32 Å². The minimum Gasteiger partial charge on any atom is -0.392 e. The Bertz CT molecular complexity index is 535. The molecule has 7 heteroatoms. The molecule has 1 amide bonds. The molecule has 0 aliphatic heterocycles. The number of rotatable bonds is 5. The summed E-state index contributed by atoms with van der Waals surface area (Å²) in [5, 5.41) is 11.6. The molecular formula is C12H18N2O4S. The van der Waals surface area contributed by atoms with Crippen LogP contribution in [0.2, 0.25) is 0 Å². The van der Waals surface area contributed by atoms with Crippen molar-refractivity contribution in [3.8, 4) is 0 Å². The van der Waals surface area contributed by atoms with Crippen molar-refractivity contribution in [2.45, 2.75) is 17.9 Å². The summed E-state index contributed by atoms with van der Waals surface area (Å²) < 4.78 is 24.7. The van der Waals surface area contributed by atoms with Gasteiger partial charge in [0, 0.05) is 26.2 Å². The topological polar surface area (TPSA) is 86.7 Å². The molecule has 19 heavy (non-hydrogen) atoms. The molecule has 0 spiro atoms. The molecule has 0 heterocycles. The average Bonchev–Trinajstić information content (AvgIpc) is 2.35. The second-order valence-electron chi connectivity index (χ2n) is 4.37. The molecule has 0 saturated carbocycles. The molecule has 0 radical (unpaired) electrons. The minimum atomic E-state index is -3.48. The largest absolute Gasteiger partial charge is 0.392 e. The molecule has 0 aliphatic carbocycles. The van der Waals surface area contributed by atoms with Crippen LogP contribution in [0, 0.1) is 0 Å². The van der Waals surface area contributed by atoms with Gasteiger partial charge in [-0.2, -0.15) is 0 Å². The molecule has 0 saturated heterocycles. The van der Waals surface area contributed by atoms with Crippen molar-refractivity contribution in [1.82, 2.24) is 9.62 Å². The van der Waals surface area contributed by atoms with Crippen LogP contribution >= 0.6 is 0 Å². The third-order valence-electron chi connectivity index (χ3n) is 2.45. The summed E-state index contributed by atoms with van der Waals surface area (Å²) in [7, 11) is -0.597. The number of aliphatic hydroxyl groups is 1. The van der Waals surface area contributed by atoms with Crippen LogP contribution < -0.4 is 5.32 Å². The Labute approximate surface area is 113 Å². The van der Waals surface area contributed by atoms with Crippen LogP contribution in [0.25, 0.3) is 0 Å². The third kappa shape index (κ3) is 4.02. The van der Waals surface area contributed by atoms with Crippen LogP contribution in [-0.2, 0) is 10.0 Å². The summed E-state index contributed by atoms with van der Waals surface area (Å²) in [4.78, 5) is 11.8. The summed E-state index contributed by atoms with van der Waals surface area (Å²) >= 11 is 0. The molecule has 1 aromatic carbocycles. The molecule has 1 unspecified atom stereocenters. The van der Waals surface area contributed by atoms with Crippen LogP contribution in [0.1, 0.15) is 17.3 Å². The van der Waals surface area contributed by atoms with Crippen LogP contribution in [0.15, 0.2) is 29.2 Å². The average molecular weight is 286 g/mol. The van der Waals surface area contributed by atoms with E-state index in [0.29, 0.717) is 5.56 Å². The van der Waals surface area contributed by atoms with E-state index >= 15 is 0 Å². The minimum absolute atomic E-state index is 0.129. The Morgan fingerprint density at radius 2 is 1.84 bits per heavy atom. The summed E-state index contributed by atoms with van der Waals surface area (Å²) in [6.07, 6.45) is -0.627. The van der Waals surface area contributed by atoms with E-state index in [4.69, 9.17) is 5.11 Å². The Balaban J connectivity index is 2.85. The molecule has 0 bridgehead atoms. The molecule has 0 fully saturated rings. The number of carbonyl (C=O) groups is 1. The number of hydrogen-bond donors (Lipinski definition) is 2. The lowest BCUT2D eigenvalue weighted by Crippen LogP contribution is -2.30. The van der Waals surface area contributed by atoms with Crippen molar-refractivity contribution < 1.29 is 18.3 Å². The molecule has 1 atom stereocenters. The Kier molecular flexibility index (Phi) is 5.04. The zero-order chi connectivity index (χ0) is 14.6.